The molecule has 5 nitrogen and oxygen atoms in total. The number of halogens is 1. The van der Waals surface area contributed by atoms with Crippen molar-refractivity contribution < 1.29 is 24.2 Å². The van der Waals surface area contributed by atoms with Crippen LogP contribution in [0, 0.1) is 0 Å². The van der Waals surface area contributed by atoms with Crippen LogP contribution < -0.4 is 4.74 Å². The number of hydrogen-bond donors (Lipinski definition) is 1. The lowest BCUT2D eigenvalue weighted by Crippen LogP contribution is -2.06. The van der Waals surface area contributed by atoms with Gasteiger partial charge in [0.25, 0.3) is 0 Å². The number of carbonyl (C=O) groups is 2. The van der Waals surface area contributed by atoms with E-state index in [1.54, 1.807) is 0 Å². The molecular formula is C12H13BrO5. The summed E-state index contributed by atoms with van der Waals surface area (Å²) in [6.07, 6.45) is -0.251. The number of phenolic OH excluding ortho intramolecular Hbond substituents is 1. The predicted molar refractivity (Wildman–Crippen MR) is 67.9 cm³/mol. The van der Waals surface area contributed by atoms with Crippen LogP contribution in [0.25, 0.3) is 0 Å². The molecule has 0 aromatic heterocycles. The van der Waals surface area contributed by atoms with Crippen molar-refractivity contribution in [1.82, 2.24) is 0 Å². The van der Waals surface area contributed by atoms with Gasteiger partial charge < -0.3 is 14.6 Å². The van der Waals surface area contributed by atoms with Gasteiger partial charge in [-0.25, -0.2) is 0 Å². The Kier molecular flexibility index (Phi) is 5.30. The number of benzene rings is 1. The van der Waals surface area contributed by atoms with Crippen LogP contribution in [0.15, 0.2) is 16.6 Å². The van der Waals surface area contributed by atoms with Gasteiger partial charge in [0.2, 0.25) is 0 Å². The van der Waals surface area contributed by atoms with Crippen molar-refractivity contribution in [2.45, 2.75) is 13.3 Å². The highest BCUT2D eigenvalue weighted by Gasteiger charge is 2.16. The number of ether oxygens (including phenoxy) is 2. The molecule has 0 atom stereocenters. The van der Waals surface area contributed by atoms with Crippen LogP contribution in [0.2, 0.25) is 0 Å². The lowest BCUT2D eigenvalue weighted by atomic mass is 10.1. The third kappa shape index (κ3) is 3.82. The fourth-order valence-electron chi connectivity index (χ4n) is 1.32. The Balaban J connectivity index is 3.04. The molecule has 0 aliphatic rings. The highest BCUT2D eigenvalue weighted by molar-refractivity contribution is 9.10. The quantitative estimate of drug-likeness (QED) is 0.495. The molecule has 0 unspecified atom stereocenters. The van der Waals surface area contributed by atoms with Gasteiger partial charge in [-0.1, -0.05) is 0 Å². The monoisotopic (exact) mass is 316 g/mol. The Hall–Kier alpha value is -1.40. The van der Waals surface area contributed by atoms with Crippen LogP contribution in [-0.4, -0.2) is 30.6 Å². The fraction of sp³-hybridized carbons (Fsp3) is 0.333. The number of aromatic hydroxyl groups is 1. The van der Waals surface area contributed by atoms with Gasteiger partial charge in [-0.2, -0.15) is 0 Å². The third-order valence-corrected chi connectivity index (χ3v) is 2.71. The molecule has 0 bridgehead atoms. The summed E-state index contributed by atoms with van der Waals surface area (Å²) in [6, 6.07) is 2.72. The summed E-state index contributed by atoms with van der Waals surface area (Å²) in [5, 5.41) is 9.68. The Bertz CT molecular complexity index is 470. The van der Waals surface area contributed by atoms with E-state index in [1.807, 2.05) is 0 Å². The average molecular weight is 317 g/mol. The first-order valence-electron chi connectivity index (χ1n) is 5.12. The van der Waals surface area contributed by atoms with Crippen LogP contribution >= 0.6 is 15.9 Å². The summed E-state index contributed by atoms with van der Waals surface area (Å²) in [5.41, 5.74) is 0.0551. The summed E-state index contributed by atoms with van der Waals surface area (Å²) in [6.45, 7) is 1.33. The summed E-state index contributed by atoms with van der Waals surface area (Å²) >= 11 is 3.19. The second-order valence-corrected chi connectivity index (χ2v) is 4.51. The number of carbonyl (C=O) groups excluding carboxylic acids is 2. The van der Waals surface area contributed by atoms with Gasteiger partial charge in [0.15, 0.2) is 12.6 Å². The maximum Gasteiger partial charge on any atom is 0.188 e. The first-order valence-corrected chi connectivity index (χ1v) is 5.92. The van der Waals surface area contributed by atoms with E-state index in [0.717, 1.165) is 0 Å². The molecule has 0 amide bonds. The normalized spacial score (nSPS) is 10.2. The molecule has 1 rings (SSSR count). The summed E-state index contributed by atoms with van der Waals surface area (Å²) in [4.78, 5) is 22.6. The zero-order valence-electron chi connectivity index (χ0n) is 10.0. The van der Waals surface area contributed by atoms with E-state index in [2.05, 4.69) is 15.9 Å². The SMILES string of the molecule is COCOc1cc(C(=O)CC(C)=O)c(O)cc1Br. The number of methoxy groups -OCH3 is 1. The molecule has 1 aromatic carbocycles. The van der Waals surface area contributed by atoms with Crippen LogP contribution in [0.5, 0.6) is 11.5 Å². The molecule has 0 aliphatic carbocycles. The van der Waals surface area contributed by atoms with Crippen LogP contribution in [0.1, 0.15) is 23.7 Å². The number of phenols is 1. The van der Waals surface area contributed by atoms with Gasteiger partial charge >= 0.3 is 0 Å². The van der Waals surface area contributed by atoms with Gasteiger partial charge in [0.05, 0.1) is 16.5 Å². The van der Waals surface area contributed by atoms with Crippen molar-refractivity contribution in [3.63, 3.8) is 0 Å². The summed E-state index contributed by atoms with van der Waals surface area (Å²) in [5.74, 6) is -0.545. The zero-order chi connectivity index (χ0) is 13.7. The maximum absolute atomic E-state index is 11.7. The molecule has 0 saturated carbocycles. The number of hydrogen-bond acceptors (Lipinski definition) is 5. The standard InChI is InChI=1S/C12H13BrO5/c1-7(14)3-10(15)8-4-12(18-6-17-2)9(13)5-11(8)16/h4-5,16H,3,6H2,1-2H3. The number of ketones is 2. The minimum Gasteiger partial charge on any atom is -0.507 e. The molecule has 6 heteroatoms. The van der Waals surface area contributed by atoms with Gasteiger partial charge in [-0.15, -0.1) is 0 Å². The average Bonchev–Trinajstić information content (AvgIpc) is 2.26. The van der Waals surface area contributed by atoms with Crippen molar-refractivity contribution in [3.05, 3.63) is 22.2 Å². The Morgan fingerprint density at radius 1 is 1.39 bits per heavy atom. The number of Topliss-reactive ketones (excluding diaryl/α,β-unsaturated/α-hetero) is 2. The van der Waals surface area contributed by atoms with Crippen LogP contribution in [0.3, 0.4) is 0 Å². The van der Waals surface area contributed by atoms with Gasteiger partial charge in [0, 0.05) is 7.11 Å². The lowest BCUT2D eigenvalue weighted by molar-refractivity contribution is -0.116. The summed E-state index contributed by atoms with van der Waals surface area (Å²) in [7, 11) is 1.47. The topological polar surface area (TPSA) is 72.8 Å². The second-order valence-electron chi connectivity index (χ2n) is 3.65. The van der Waals surface area contributed by atoms with Gasteiger partial charge in [-0.05, 0) is 35.0 Å². The first-order chi connectivity index (χ1) is 8.45. The van der Waals surface area contributed by atoms with Crippen LogP contribution in [-0.2, 0) is 9.53 Å². The Morgan fingerprint density at radius 2 is 2.06 bits per heavy atom. The highest BCUT2D eigenvalue weighted by Crippen LogP contribution is 2.33. The minimum absolute atomic E-state index is 0.0176. The Morgan fingerprint density at radius 3 is 2.61 bits per heavy atom. The zero-order valence-corrected chi connectivity index (χ0v) is 11.6. The van der Waals surface area contributed by atoms with E-state index in [4.69, 9.17) is 9.47 Å². The molecule has 0 fully saturated rings. The molecule has 0 saturated heterocycles. The highest BCUT2D eigenvalue weighted by atomic mass is 79.9. The van der Waals surface area contributed by atoms with Crippen molar-refractivity contribution in [1.29, 1.82) is 0 Å². The van der Waals surface area contributed by atoms with Crippen molar-refractivity contribution in [2.24, 2.45) is 0 Å². The fourth-order valence-corrected chi connectivity index (χ4v) is 1.77. The van der Waals surface area contributed by atoms with E-state index in [9.17, 15) is 14.7 Å². The molecule has 0 spiro atoms. The molecule has 18 heavy (non-hydrogen) atoms. The first kappa shape index (κ1) is 14.7. The van der Waals surface area contributed by atoms with E-state index < -0.39 is 5.78 Å². The van der Waals surface area contributed by atoms with E-state index in [-0.39, 0.29) is 30.3 Å². The molecule has 98 valence electrons. The molecule has 0 heterocycles. The van der Waals surface area contributed by atoms with E-state index in [0.29, 0.717) is 10.2 Å². The maximum atomic E-state index is 11.7. The smallest absolute Gasteiger partial charge is 0.188 e. The van der Waals surface area contributed by atoms with E-state index in [1.165, 1.54) is 26.2 Å². The minimum atomic E-state index is -0.449. The van der Waals surface area contributed by atoms with E-state index >= 15 is 0 Å². The van der Waals surface area contributed by atoms with Gasteiger partial charge in [0.1, 0.15) is 17.3 Å². The summed E-state index contributed by atoms with van der Waals surface area (Å²) < 4.78 is 10.5. The third-order valence-electron chi connectivity index (χ3n) is 2.09. The molecule has 1 aromatic rings. The number of rotatable bonds is 6. The molecule has 0 aliphatic heterocycles. The Labute approximate surface area is 113 Å². The predicted octanol–water partition coefficient (Wildman–Crippen LogP) is 2.30. The van der Waals surface area contributed by atoms with Crippen molar-refractivity contribution >= 4 is 27.5 Å². The second kappa shape index (κ2) is 6.51. The van der Waals surface area contributed by atoms with Gasteiger partial charge in [-0.3, -0.25) is 9.59 Å². The van der Waals surface area contributed by atoms with Crippen LogP contribution in [0.4, 0.5) is 0 Å². The van der Waals surface area contributed by atoms with Crippen molar-refractivity contribution in [2.75, 3.05) is 13.9 Å². The molecular weight excluding hydrogens is 304 g/mol. The van der Waals surface area contributed by atoms with Crippen molar-refractivity contribution in [3.8, 4) is 11.5 Å². The molecule has 1 N–H and O–H groups in total. The molecule has 0 radical (unpaired) electrons. The lowest BCUT2D eigenvalue weighted by Gasteiger charge is -2.10. The largest absolute Gasteiger partial charge is 0.507 e.